The predicted molar refractivity (Wildman–Crippen MR) is 65.4 cm³/mol. The molecule has 1 aromatic heterocycles. The summed E-state index contributed by atoms with van der Waals surface area (Å²) in [5, 5.41) is 0. The van der Waals surface area contributed by atoms with Crippen LogP contribution in [0.15, 0.2) is 36.7 Å². The van der Waals surface area contributed by atoms with Gasteiger partial charge >= 0.3 is 6.01 Å². The van der Waals surface area contributed by atoms with Crippen LogP contribution in [0.1, 0.15) is 11.1 Å². The summed E-state index contributed by atoms with van der Waals surface area (Å²) in [6.07, 6.45) is 3.24. The van der Waals surface area contributed by atoms with E-state index >= 15 is 0 Å². The number of aromatic nitrogens is 2. The fraction of sp³-hybridized carbons (Fsp3) is 0.0769. The lowest BCUT2D eigenvalue weighted by atomic mass is 10.2. The Labute approximate surface area is 99.5 Å². The first-order valence-electron chi connectivity index (χ1n) is 5.01. The van der Waals surface area contributed by atoms with Gasteiger partial charge in [-0.2, -0.15) is 0 Å². The van der Waals surface area contributed by atoms with Crippen LogP contribution in [0.5, 0.6) is 6.01 Å². The van der Waals surface area contributed by atoms with Crippen molar-refractivity contribution >= 4 is 5.69 Å². The van der Waals surface area contributed by atoms with Gasteiger partial charge in [-0.25, -0.2) is 9.97 Å². The number of anilines is 1. The summed E-state index contributed by atoms with van der Waals surface area (Å²) in [6, 6.07) is 7.70. The molecule has 1 heterocycles. The zero-order valence-electron chi connectivity index (χ0n) is 9.34. The molecule has 0 aliphatic rings. The second-order valence-corrected chi connectivity index (χ2v) is 3.33. The number of rotatable bonds is 1. The monoisotopic (exact) mass is 225 g/mol. The number of benzene rings is 1. The largest absolute Gasteiger partial charge is 0.467 e. The lowest BCUT2D eigenvalue weighted by molar-refractivity contribution is 0.379. The zero-order valence-corrected chi connectivity index (χ0v) is 9.34. The van der Waals surface area contributed by atoms with Crippen molar-refractivity contribution in [3.05, 3.63) is 47.8 Å². The maximum atomic E-state index is 5.58. The molecule has 0 unspecified atom stereocenters. The Hall–Kier alpha value is -2.54. The molecule has 1 aromatic carbocycles. The smallest absolute Gasteiger partial charge is 0.316 e. The quantitative estimate of drug-likeness (QED) is 0.589. The molecule has 4 nitrogen and oxygen atoms in total. The van der Waals surface area contributed by atoms with Crippen molar-refractivity contribution in [1.82, 2.24) is 9.97 Å². The SMILES string of the molecule is COc1ncc(C#Cc2ccc(N)cc2)cn1. The van der Waals surface area contributed by atoms with Crippen LogP contribution < -0.4 is 10.5 Å². The van der Waals surface area contributed by atoms with Gasteiger partial charge < -0.3 is 10.5 Å². The van der Waals surface area contributed by atoms with E-state index in [1.165, 1.54) is 7.11 Å². The summed E-state index contributed by atoms with van der Waals surface area (Å²) in [7, 11) is 1.52. The highest BCUT2D eigenvalue weighted by Gasteiger charge is 1.93. The van der Waals surface area contributed by atoms with E-state index in [-0.39, 0.29) is 0 Å². The molecule has 2 rings (SSSR count). The minimum absolute atomic E-state index is 0.336. The minimum atomic E-state index is 0.336. The standard InChI is InChI=1S/C13H11N3O/c1-17-13-15-8-11(9-16-13)3-2-10-4-6-12(14)7-5-10/h4-9H,14H2,1H3. The topological polar surface area (TPSA) is 61.0 Å². The average molecular weight is 225 g/mol. The molecule has 0 aliphatic heterocycles. The van der Waals surface area contributed by atoms with Crippen LogP contribution in [0.25, 0.3) is 0 Å². The third-order valence-electron chi connectivity index (χ3n) is 2.07. The van der Waals surface area contributed by atoms with E-state index in [0.717, 1.165) is 16.8 Å². The number of ether oxygens (including phenoxy) is 1. The summed E-state index contributed by atoms with van der Waals surface area (Å²) in [5.74, 6) is 5.96. The molecular weight excluding hydrogens is 214 g/mol. The number of methoxy groups -OCH3 is 1. The van der Waals surface area contributed by atoms with Gasteiger partial charge in [0, 0.05) is 23.6 Å². The Morgan fingerprint density at radius 2 is 1.59 bits per heavy atom. The van der Waals surface area contributed by atoms with E-state index in [9.17, 15) is 0 Å². The third kappa shape index (κ3) is 2.95. The first-order valence-corrected chi connectivity index (χ1v) is 5.01. The molecule has 0 amide bonds. The van der Waals surface area contributed by atoms with Crippen LogP contribution in [0.2, 0.25) is 0 Å². The van der Waals surface area contributed by atoms with E-state index in [0.29, 0.717) is 6.01 Å². The van der Waals surface area contributed by atoms with Crippen LogP contribution >= 0.6 is 0 Å². The first-order chi connectivity index (χ1) is 8.28. The fourth-order valence-electron chi connectivity index (χ4n) is 1.20. The van der Waals surface area contributed by atoms with Crippen LogP contribution in [0.4, 0.5) is 5.69 Å². The predicted octanol–water partition coefficient (Wildman–Crippen LogP) is 1.47. The molecule has 0 saturated carbocycles. The normalized spacial score (nSPS) is 9.24. The summed E-state index contributed by atoms with van der Waals surface area (Å²) in [4.78, 5) is 7.94. The van der Waals surface area contributed by atoms with Crippen LogP contribution in [-0.4, -0.2) is 17.1 Å². The Balaban J connectivity index is 2.17. The molecule has 0 radical (unpaired) electrons. The lowest BCUT2D eigenvalue weighted by Crippen LogP contribution is -1.91. The highest BCUT2D eigenvalue weighted by molar-refractivity contribution is 5.47. The second kappa shape index (κ2) is 4.99. The molecule has 0 spiro atoms. The van der Waals surface area contributed by atoms with Crippen molar-refractivity contribution in [2.24, 2.45) is 0 Å². The van der Waals surface area contributed by atoms with Crippen LogP contribution in [0, 0.1) is 11.8 Å². The van der Waals surface area contributed by atoms with E-state index in [4.69, 9.17) is 10.5 Å². The molecule has 0 aliphatic carbocycles. The van der Waals surface area contributed by atoms with Gasteiger partial charge in [-0.15, -0.1) is 0 Å². The van der Waals surface area contributed by atoms with Crippen molar-refractivity contribution in [2.45, 2.75) is 0 Å². The number of nitrogens with zero attached hydrogens (tertiary/aromatic N) is 2. The highest BCUT2D eigenvalue weighted by Crippen LogP contribution is 2.04. The number of nitrogen functional groups attached to an aromatic ring is 1. The van der Waals surface area contributed by atoms with Gasteiger partial charge in [-0.05, 0) is 24.3 Å². The first kappa shape index (κ1) is 11.0. The molecule has 17 heavy (non-hydrogen) atoms. The Kier molecular flexibility index (Phi) is 3.22. The molecule has 84 valence electrons. The molecule has 0 atom stereocenters. The summed E-state index contributed by atoms with van der Waals surface area (Å²) >= 11 is 0. The van der Waals surface area contributed by atoms with Gasteiger partial charge in [0.15, 0.2) is 0 Å². The van der Waals surface area contributed by atoms with Gasteiger partial charge in [0.1, 0.15) is 0 Å². The number of hydrogen-bond donors (Lipinski definition) is 1. The summed E-state index contributed by atoms with van der Waals surface area (Å²) in [5.41, 5.74) is 7.95. The second-order valence-electron chi connectivity index (χ2n) is 3.33. The maximum Gasteiger partial charge on any atom is 0.316 e. The molecule has 4 heteroatoms. The molecular formula is C13H11N3O. The Morgan fingerprint density at radius 1 is 1.00 bits per heavy atom. The van der Waals surface area contributed by atoms with Crippen molar-refractivity contribution in [3.8, 4) is 17.9 Å². The minimum Gasteiger partial charge on any atom is -0.467 e. The van der Waals surface area contributed by atoms with Crippen molar-refractivity contribution < 1.29 is 4.74 Å². The average Bonchev–Trinajstić information content (AvgIpc) is 2.39. The van der Waals surface area contributed by atoms with E-state index in [1.807, 2.05) is 24.3 Å². The van der Waals surface area contributed by atoms with Gasteiger partial charge in [0.05, 0.1) is 12.7 Å². The van der Waals surface area contributed by atoms with Crippen molar-refractivity contribution in [1.29, 1.82) is 0 Å². The summed E-state index contributed by atoms with van der Waals surface area (Å²) in [6.45, 7) is 0. The number of hydrogen-bond acceptors (Lipinski definition) is 4. The summed E-state index contributed by atoms with van der Waals surface area (Å²) < 4.78 is 4.86. The van der Waals surface area contributed by atoms with Crippen LogP contribution in [-0.2, 0) is 0 Å². The molecule has 0 bridgehead atoms. The highest BCUT2D eigenvalue weighted by atomic mass is 16.5. The number of nitrogens with two attached hydrogens (primary N) is 1. The van der Waals surface area contributed by atoms with Crippen molar-refractivity contribution in [2.75, 3.05) is 12.8 Å². The van der Waals surface area contributed by atoms with E-state index in [1.54, 1.807) is 12.4 Å². The van der Waals surface area contributed by atoms with E-state index in [2.05, 4.69) is 21.8 Å². The van der Waals surface area contributed by atoms with Gasteiger partial charge in [0.2, 0.25) is 0 Å². The maximum absolute atomic E-state index is 5.58. The van der Waals surface area contributed by atoms with Crippen LogP contribution in [0.3, 0.4) is 0 Å². The third-order valence-corrected chi connectivity index (χ3v) is 2.07. The molecule has 0 fully saturated rings. The van der Waals surface area contributed by atoms with E-state index < -0.39 is 0 Å². The molecule has 0 saturated heterocycles. The Morgan fingerprint density at radius 3 is 2.18 bits per heavy atom. The lowest BCUT2D eigenvalue weighted by Gasteiger charge is -1.95. The zero-order chi connectivity index (χ0) is 12.1. The van der Waals surface area contributed by atoms with Gasteiger partial charge in [0.25, 0.3) is 0 Å². The molecule has 2 N–H and O–H groups in total. The van der Waals surface area contributed by atoms with Gasteiger partial charge in [-0.3, -0.25) is 0 Å². The Bertz CT molecular complexity index is 550. The van der Waals surface area contributed by atoms with Gasteiger partial charge in [-0.1, -0.05) is 11.8 Å². The molecule has 2 aromatic rings. The van der Waals surface area contributed by atoms with Crippen molar-refractivity contribution in [3.63, 3.8) is 0 Å². The fourth-order valence-corrected chi connectivity index (χ4v) is 1.20.